The van der Waals surface area contributed by atoms with E-state index >= 15 is 0 Å². The molecule has 1 aliphatic heterocycles. The Morgan fingerprint density at radius 3 is 2.44 bits per heavy atom. The molecular weight excluding hydrogens is 234 g/mol. The minimum Gasteiger partial charge on any atom is -0.373 e. The van der Waals surface area contributed by atoms with Crippen molar-refractivity contribution in [3.05, 3.63) is 0 Å². The van der Waals surface area contributed by atoms with Gasteiger partial charge < -0.3 is 10.1 Å². The number of ether oxygens (including phenoxy) is 1. The summed E-state index contributed by atoms with van der Waals surface area (Å²) in [6, 6.07) is -0.420. The van der Waals surface area contributed by atoms with E-state index in [1.54, 1.807) is 0 Å². The van der Waals surface area contributed by atoms with Crippen LogP contribution in [0.4, 0.5) is 4.79 Å². The van der Waals surface area contributed by atoms with Crippen LogP contribution < -0.4 is 10.6 Å². The second-order valence-corrected chi connectivity index (χ2v) is 4.76. The fourth-order valence-corrected chi connectivity index (χ4v) is 2.07. The molecule has 0 aromatic heterocycles. The fraction of sp³-hybridized carbons (Fsp3) is 0.833. The van der Waals surface area contributed by atoms with Crippen LogP contribution >= 0.6 is 0 Å². The monoisotopic (exact) mass is 257 g/mol. The molecule has 1 fully saturated rings. The first-order valence-electron chi connectivity index (χ1n) is 6.46. The number of rotatable bonds is 4. The van der Waals surface area contributed by atoms with Crippen molar-refractivity contribution in [3.8, 4) is 0 Å². The first-order chi connectivity index (χ1) is 8.51. The van der Waals surface area contributed by atoms with Crippen LogP contribution in [-0.4, -0.2) is 55.2 Å². The maximum absolute atomic E-state index is 11.6. The lowest BCUT2D eigenvalue weighted by Crippen LogP contribution is -2.50. The van der Waals surface area contributed by atoms with E-state index in [9.17, 15) is 9.59 Å². The Kier molecular flexibility index (Phi) is 6.07. The zero-order valence-corrected chi connectivity index (χ0v) is 11.4. The predicted molar refractivity (Wildman–Crippen MR) is 68.3 cm³/mol. The molecule has 0 radical (unpaired) electrons. The van der Waals surface area contributed by atoms with Gasteiger partial charge in [0.15, 0.2) is 0 Å². The molecule has 1 aliphatic rings. The van der Waals surface area contributed by atoms with Crippen molar-refractivity contribution in [1.29, 1.82) is 0 Å². The number of nitrogens with zero attached hydrogens (tertiary/aromatic N) is 1. The number of carbonyl (C=O) groups is 2. The summed E-state index contributed by atoms with van der Waals surface area (Å²) in [5, 5.41) is 4.92. The second-order valence-electron chi connectivity index (χ2n) is 4.76. The van der Waals surface area contributed by atoms with Crippen LogP contribution in [0, 0.1) is 0 Å². The molecule has 3 amide bonds. The summed E-state index contributed by atoms with van der Waals surface area (Å²) in [6.07, 6.45) is 1.09. The Morgan fingerprint density at radius 2 is 1.89 bits per heavy atom. The topological polar surface area (TPSA) is 70.7 Å². The van der Waals surface area contributed by atoms with Crippen LogP contribution in [0.1, 0.15) is 27.2 Å². The van der Waals surface area contributed by atoms with Crippen molar-refractivity contribution in [3.63, 3.8) is 0 Å². The van der Waals surface area contributed by atoms with Gasteiger partial charge in [0.1, 0.15) is 0 Å². The van der Waals surface area contributed by atoms with Gasteiger partial charge in [-0.05, 0) is 20.3 Å². The highest BCUT2D eigenvalue weighted by atomic mass is 16.5. The highest BCUT2D eigenvalue weighted by Crippen LogP contribution is 2.09. The normalized spacial score (nSPS) is 24.6. The summed E-state index contributed by atoms with van der Waals surface area (Å²) in [7, 11) is 0. The Balaban J connectivity index is 2.29. The summed E-state index contributed by atoms with van der Waals surface area (Å²) in [6.45, 7) is 8.16. The van der Waals surface area contributed by atoms with E-state index in [0.717, 1.165) is 6.42 Å². The molecule has 2 atom stereocenters. The van der Waals surface area contributed by atoms with E-state index < -0.39 is 6.03 Å². The predicted octanol–water partition coefficient (Wildman–Crippen LogP) is 0.331. The third-order valence-electron chi connectivity index (χ3n) is 2.65. The maximum Gasteiger partial charge on any atom is 0.321 e. The van der Waals surface area contributed by atoms with Crippen molar-refractivity contribution in [1.82, 2.24) is 15.5 Å². The van der Waals surface area contributed by atoms with Gasteiger partial charge in [0.2, 0.25) is 5.91 Å². The number of hydrogen-bond acceptors (Lipinski definition) is 4. The van der Waals surface area contributed by atoms with Crippen LogP contribution in [0.15, 0.2) is 0 Å². The molecule has 1 heterocycles. The van der Waals surface area contributed by atoms with Crippen LogP contribution in [0.2, 0.25) is 0 Å². The summed E-state index contributed by atoms with van der Waals surface area (Å²) >= 11 is 0. The van der Waals surface area contributed by atoms with Crippen LogP contribution in [0.5, 0.6) is 0 Å². The van der Waals surface area contributed by atoms with E-state index in [-0.39, 0.29) is 24.7 Å². The highest BCUT2D eigenvalue weighted by Gasteiger charge is 2.24. The molecule has 1 rings (SSSR count). The van der Waals surface area contributed by atoms with Crippen molar-refractivity contribution in [2.45, 2.75) is 39.4 Å². The van der Waals surface area contributed by atoms with Gasteiger partial charge in [-0.1, -0.05) is 6.92 Å². The van der Waals surface area contributed by atoms with Gasteiger partial charge in [-0.15, -0.1) is 0 Å². The molecule has 0 aromatic carbocycles. The third kappa shape index (κ3) is 5.46. The zero-order valence-electron chi connectivity index (χ0n) is 11.4. The summed E-state index contributed by atoms with van der Waals surface area (Å²) in [5.74, 6) is -0.273. The number of carbonyl (C=O) groups excluding carboxylic acids is 2. The standard InChI is InChI=1S/C12H23N3O3/c1-4-5-13-12(17)14-11(16)8-15-6-9(2)18-10(3)7-15/h9-10H,4-8H2,1-3H3,(H2,13,14,16,17)/t9-,10-/m1/s1. The smallest absolute Gasteiger partial charge is 0.321 e. The molecule has 0 bridgehead atoms. The number of urea groups is 1. The molecule has 0 aliphatic carbocycles. The average Bonchev–Trinajstić information content (AvgIpc) is 2.24. The lowest BCUT2D eigenvalue weighted by atomic mass is 10.2. The Hall–Kier alpha value is -1.14. The van der Waals surface area contributed by atoms with Gasteiger partial charge in [-0.3, -0.25) is 15.0 Å². The SMILES string of the molecule is CCCNC(=O)NC(=O)CN1C[C@@H](C)O[C@H](C)C1. The van der Waals surface area contributed by atoms with Gasteiger partial charge in [0.25, 0.3) is 0 Å². The Labute approximate surface area is 108 Å². The van der Waals surface area contributed by atoms with Crippen LogP contribution in [-0.2, 0) is 9.53 Å². The van der Waals surface area contributed by atoms with Gasteiger partial charge in [0, 0.05) is 19.6 Å². The van der Waals surface area contributed by atoms with E-state index in [4.69, 9.17) is 4.74 Å². The van der Waals surface area contributed by atoms with Gasteiger partial charge in [0.05, 0.1) is 18.8 Å². The highest BCUT2D eigenvalue weighted by molar-refractivity contribution is 5.95. The van der Waals surface area contributed by atoms with Gasteiger partial charge >= 0.3 is 6.03 Å². The number of hydrogen-bond donors (Lipinski definition) is 2. The van der Waals surface area contributed by atoms with E-state index in [1.165, 1.54) is 0 Å². The molecule has 6 nitrogen and oxygen atoms in total. The summed E-state index contributed by atoms with van der Waals surface area (Å²) < 4.78 is 5.58. The molecule has 104 valence electrons. The van der Waals surface area contributed by atoms with Crippen molar-refractivity contribution < 1.29 is 14.3 Å². The fourth-order valence-electron chi connectivity index (χ4n) is 2.07. The third-order valence-corrected chi connectivity index (χ3v) is 2.65. The average molecular weight is 257 g/mol. The number of morpholine rings is 1. The minimum absolute atomic E-state index is 0.121. The lowest BCUT2D eigenvalue weighted by molar-refractivity contribution is -0.124. The van der Waals surface area contributed by atoms with Crippen molar-refractivity contribution in [2.75, 3.05) is 26.2 Å². The molecule has 0 saturated carbocycles. The van der Waals surface area contributed by atoms with Crippen LogP contribution in [0.25, 0.3) is 0 Å². The lowest BCUT2D eigenvalue weighted by Gasteiger charge is -2.34. The van der Waals surface area contributed by atoms with E-state index in [2.05, 4.69) is 10.6 Å². The molecule has 1 saturated heterocycles. The molecular formula is C12H23N3O3. The van der Waals surface area contributed by atoms with Crippen LogP contribution in [0.3, 0.4) is 0 Å². The maximum atomic E-state index is 11.6. The molecule has 18 heavy (non-hydrogen) atoms. The molecule has 0 spiro atoms. The second kappa shape index (κ2) is 7.33. The Morgan fingerprint density at radius 1 is 1.28 bits per heavy atom. The number of nitrogens with one attached hydrogen (secondary N) is 2. The molecule has 6 heteroatoms. The van der Waals surface area contributed by atoms with Gasteiger partial charge in [-0.2, -0.15) is 0 Å². The quantitative estimate of drug-likeness (QED) is 0.761. The van der Waals surface area contributed by atoms with Gasteiger partial charge in [-0.25, -0.2) is 4.79 Å². The first-order valence-corrected chi connectivity index (χ1v) is 6.46. The molecule has 2 N–H and O–H groups in total. The zero-order chi connectivity index (χ0) is 13.5. The minimum atomic E-state index is -0.420. The number of imide groups is 1. The summed E-state index contributed by atoms with van der Waals surface area (Å²) in [4.78, 5) is 24.9. The van der Waals surface area contributed by atoms with E-state index in [0.29, 0.717) is 19.6 Å². The van der Waals surface area contributed by atoms with Crippen molar-refractivity contribution in [2.24, 2.45) is 0 Å². The number of amides is 3. The molecule has 0 unspecified atom stereocenters. The summed E-state index contributed by atoms with van der Waals surface area (Å²) in [5.41, 5.74) is 0. The first kappa shape index (κ1) is 14.9. The molecule has 0 aromatic rings. The van der Waals surface area contributed by atoms with Crippen molar-refractivity contribution >= 4 is 11.9 Å². The van der Waals surface area contributed by atoms with E-state index in [1.807, 2.05) is 25.7 Å². The Bertz CT molecular complexity index is 286. The largest absolute Gasteiger partial charge is 0.373 e.